The van der Waals surface area contributed by atoms with E-state index in [2.05, 4.69) is 0 Å². The van der Waals surface area contributed by atoms with E-state index in [0.717, 1.165) is 5.56 Å². The normalized spacial score (nSPS) is 22.7. The van der Waals surface area contributed by atoms with Gasteiger partial charge in [-0.2, -0.15) is 0 Å². The zero-order valence-electron chi connectivity index (χ0n) is 15.1. The van der Waals surface area contributed by atoms with Gasteiger partial charge in [-0.3, -0.25) is 4.79 Å². The molecule has 2 aromatic carbocycles. The summed E-state index contributed by atoms with van der Waals surface area (Å²) in [6, 6.07) is 14.7. The fourth-order valence-electron chi connectivity index (χ4n) is 3.99. The molecule has 2 aromatic rings. The van der Waals surface area contributed by atoms with Crippen LogP contribution in [0.3, 0.4) is 0 Å². The Morgan fingerprint density at radius 3 is 2.41 bits per heavy atom. The van der Waals surface area contributed by atoms with Crippen LogP contribution in [0.15, 0.2) is 59.1 Å². The predicted octanol–water partition coefficient (Wildman–Crippen LogP) is 5.65. The van der Waals surface area contributed by atoms with E-state index in [0.29, 0.717) is 23.6 Å². The van der Waals surface area contributed by atoms with Gasteiger partial charge in [0.25, 0.3) is 0 Å². The van der Waals surface area contributed by atoms with Crippen LogP contribution in [-0.2, 0) is 11.2 Å². The summed E-state index contributed by atoms with van der Waals surface area (Å²) in [5, 5.41) is 9.64. The van der Waals surface area contributed by atoms with Crippen LogP contribution in [0.1, 0.15) is 19.4 Å². The van der Waals surface area contributed by atoms with Gasteiger partial charge in [-0.05, 0) is 59.9 Å². The first kappa shape index (κ1) is 19.6. The van der Waals surface area contributed by atoms with Crippen molar-refractivity contribution in [2.75, 3.05) is 5.73 Å². The molecule has 0 aromatic heterocycles. The summed E-state index contributed by atoms with van der Waals surface area (Å²) in [5.74, 6) is -0.0621. The van der Waals surface area contributed by atoms with E-state index >= 15 is 0 Å². The number of hydrogen-bond acceptors (Lipinski definition) is 3. The lowest BCUT2D eigenvalue weighted by atomic mass is 9.88. The van der Waals surface area contributed by atoms with Crippen LogP contribution in [0, 0.1) is 16.7 Å². The number of rotatable bonds is 6. The molecular formula is C21H21Cl2NO3. The van der Waals surface area contributed by atoms with Gasteiger partial charge in [-0.1, -0.05) is 49.2 Å². The van der Waals surface area contributed by atoms with Crippen molar-refractivity contribution in [3.63, 3.8) is 0 Å². The Bertz CT molecular complexity index is 889. The number of nitrogens with two attached hydrogens (primary N) is 1. The average Bonchev–Trinajstić information content (AvgIpc) is 3.03. The summed E-state index contributed by atoms with van der Waals surface area (Å²) in [6.07, 6.45) is 2.17. The lowest BCUT2D eigenvalue weighted by Gasteiger charge is -2.17. The SMILES string of the molecule is CC1(C)C(C(=O)O)C1(C=C(Cl)Cl)Cc1cccc(Oc2ccc(N)cc2)c1. The van der Waals surface area contributed by atoms with Gasteiger partial charge >= 0.3 is 5.97 Å². The monoisotopic (exact) mass is 405 g/mol. The number of halogens is 2. The van der Waals surface area contributed by atoms with Crippen LogP contribution < -0.4 is 10.5 Å². The van der Waals surface area contributed by atoms with E-state index in [9.17, 15) is 9.90 Å². The molecule has 6 heteroatoms. The second-order valence-electron chi connectivity index (χ2n) is 7.46. The zero-order chi connectivity index (χ0) is 19.8. The van der Waals surface area contributed by atoms with Crippen molar-refractivity contribution >= 4 is 34.9 Å². The molecule has 142 valence electrons. The highest BCUT2D eigenvalue weighted by Gasteiger charge is 2.73. The summed E-state index contributed by atoms with van der Waals surface area (Å²) < 4.78 is 5.96. The van der Waals surface area contributed by atoms with E-state index in [4.69, 9.17) is 33.7 Å². The van der Waals surface area contributed by atoms with Gasteiger partial charge in [-0.15, -0.1) is 0 Å². The number of nitrogen functional groups attached to an aromatic ring is 1. The molecule has 2 atom stereocenters. The van der Waals surface area contributed by atoms with Crippen LogP contribution in [-0.4, -0.2) is 11.1 Å². The van der Waals surface area contributed by atoms with Crippen molar-refractivity contribution < 1.29 is 14.6 Å². The average molecular weight is 406 g/mol. The Morgan fingerprint density at radius 2 is 1.85 bits per heavy atom. The Labute approximate surface area is 168 Å². The van der Waals surface area contributed by atoms with E-state index in [1.807, 2.05) is 38.1 Å². The molecule has 1 fully saturated rings. The van der Waals surface area contributed by atoms with Crippen molar-refractivity contribution in [1.29, 1.82) is 0 Å². The van der Waals surface area contributed by atoms with Crippen LogP contribution in [0.5, 0.6) is 11.5 Å². The Hall–Kier alpha value is -2.17. The minimum Gasteiger partial charge on any atom is -0.481 e. The van der Waals surface area contributed by atoms with Gasteiger partial charge in [0.05, 0.1) is 5.92 Å². The van der Waals surface area contributed by atoms with Gasteiger partial charge in [0.2, 0.25) is 0 Å². The zero-order valence-corrected chi connectivity index (χ0v) is 16.6. The second-order valence-corrected chi connectivity index (χ2v) is 8.47. The third-order valence-electron chi connectivity index (χ3n) is 5.48. The Morgan fingerprint density at radius 1 is 1.19 bits per heavy atom. The molecule has 0 amide bonds. The molecule has 0 bridgehead atoms. The molecule has 0 radical (unpaired) electrons. The molecule has 3 rings (SSSR count). The first-order chi connectivity index (χ1) is 12.7. The van der Waals surface area contributed by atoms with Crippen molar-refractivity contribution in [3.8, 4) is 11.5 Å². The predicted molar refractivity (Wildman–Crippen MR) is 108 cm³/mol. The van der Waals surface area contributed by atoms with Gasteiger partial charge in [0.1, 0.15) is 16.0 Å². The molecule has 0 heterocycles. The lowest BCUT2D eigenvalue weighted by molar-refractivity contribution is -0.139. The largest absolute Gasteiger partial charge is 0.481 e. The molecule has 0 spiro atoms. The van der Waals surface area contributed by atoms with Crippen LogP contribution >= 0.6 is 23.2 Å². The maximum atomic E-state index is 11.7. The highest BCUT2D eigenvalue weighted by Crippen LogP contribution is 2.71. The Balaban J connectivity index is 1.87. The van der Waals surface area contributed by atoms with Gasteiger partial charge in [-0.25, -0.2) is 0 Å². The number of carboxylic acids is 1. The van der Waals surface area contributed by atoms with E-state index in [1.54, 1.807) is 30.3 Å². The van der Waals surface area contributed by atoms with Gasteiger partial charge < -0.3 is 15.6 Å². The number of carbonyl (C=O) groups is 1. The minimum absolute atomic E-state index is 0.0844. The third-order valence-corrected chi connectivity index (χ3v) is 5.70. The van der Waals surface area contributed by atoms with E-state index in [-0.39, 0.29) is 4.49 Å². The molecule has 1 aliphatic rings. The number of anilines is 1. The third kappa shape index (κ3) is 3.78. The van der Waals surface area contributed by atoms with Crippen molar-refractivity contribution in [2.24, 2.45) is 16.7 Å². The first-order valence-corrected chi connectivity index (χ1v) is 9.30. The molecule has 4 nitrogen and oxygen atoms in total. The fraction of sp³-hybridized carbons (Fsp3) is 0.286. The number of hydrogen-bond donors (Lipinski definition) is 2. The number of benzene rings is 2. The summed E-state index contributed by atoms with van der Waals surface area (Å²) in [7, 11) is 0. The highest BCUT2D eigenvalue weighted by atomic mass is 35.5. The molecule has 0 saturated heterocycles. The summed E-state index contributed by atoms with van der Waals surface area (Å²) in [6.45, 7) is 3.85. The van der Waals surface area contributed by atoms with Crippen LogP contribution in [0.4, 0.5) is 5.69 Å². The summed E-state index contributed by atoms with van der Waals surface area (Å²) in [5.41, 5.74) is 6.21. The molecular weight excluding hydrogens is 385 g/mol. The number of carboxylic acid groups (broad SMARTS) is 1. The maximum absolute atomic E-state index is 11.7. The molecule has 1 aliphatic carbocycles. The summed E-state index contributed by atoms with van der Waals surface area (Å²) in [4.78, 5) is 11.7. The van der Waals surface area contributed by atoms with Crippen LogP contribution in [0.2, 0.25) is 0 Å². The van der Waals surface area contributed by atoms with Crippen molar-refractivity contribution in [3.05, 3.63) is 64.7 Å². The Kier molecular flexibility index (Phi) is 5.15. The van der Waals surface area contributed by atoms with Crippen molar-refractivity contribution in [1.82, 2.24) is 0 Å². The fourth-order valence-corrected chi connectivity index (χ4v) is 4.38. The van der Waals surface area contributed by atoms with Gasteiger partial charge in [0, 0.05) is 11.1 Å². The number of ether oxygens (including phenoxy) is 1. The minimum atomic E-state index is -0.847. The topological polar surface area (TPSA) is 72.5 Å². The second kappa shape index (κ2) is 7.10. The smallest absolute Gasteiger partial charge is 0.307 e. The number of allylic oxidation sites excluding steroid dienone is 1. The van der Waals surface area contributed by atoms with E-state index in [1.165, 1.54) is 0 Å². The molecule has 3 N–H and O–H groups in total. The number of aliphatic carboxylic acids is 1. The molecule has 2 unspecified atom stereocenters. The maximum Gasteiger partial charge on any atom is 0.307 e. The summed E-state index contributed by atoms with van der Waals surface area (Å²) >= 11 is 11.8. The quantitative estimate of drug-likeness (QED) is 0.608. The first-order valence-electron chi connectivity index (χ1n) is 8.55. The highest BCUT2D eigenvalue weighted by molar-refractivity contribution is 6.55. The van der Waals surface area contributed by atoms with Crippen LogP contribution in [0.25, 0.3) is 0 Å². The van der Waals surface area contributed by atoms with E-state index < -0.39 is 22.7 Å². The van der Waals surface area contributed by atoms with Gasteiger partial charge in [0.15, 0.2) is 0 Å². The lowest BCUT2D eigenvalue weighted by Crippen LogP contribution is -2.12. The standard InChI is InChI=1S/C21H21Cl2NO3/c1-20(2)18(19(25)26)21(20,12-17(22)23)11-13-4-3-5-16(10-13)27-15-8-6-14(24)7-9-15/h3-10,12,18H,11,24H2,1-2H3,(H,25,26). The van der Waals surface area contributed by atoms with Crippen molar-refractivity contribution in [2.45, 2.75) is 20.3 Å². The molecule has 1 saturated carbocycles. The molecule has 27 heavy (non-hydrogen) atoms. The molecule has 0 aliphatic heterocycles.